The lowest BCUT2D eigenvalue weighted by molar-refractivity contribution is 0.672. The Morgan fingerprint density at radius 1 is 0.460 bits per heavy atom. The molecule has 234 valence electrons. The van der Waals surface area contributed by atoms with Crippen molar-refractivity contribution in [1.29, 1.82) is 0 Å². The molecular formula is C46H28N2OS. The van der Waals surface area contributed by atoms with Crippen LogP contribution in [0.25, 0.3) is 80.4 Å². The summed E-state index contributed by atoms with van der Waals surface area (Å²) < 4.78 is 11.7. The van der Waals surface area contributed by atoms with Gasteiger partial charge in [-0.1, -0.05) is 97.1 Å². The molecule has 0 bridgehead atoms. The zero-order valence-corrected chi connectivity index (χ0v) is 27.7. The van der Waals surface area contributed by atoms with E-state index in [1.165, 1.54) is 47.4 Å². The van der Waals surface area contributed by atoms with Crippen molar-refractivity contribution in [3.05, 3.63) is 170 Å². The van der Waals surface area contributed by atoms with Crippen LogP contribution in [0.2, 0.25) is 0 Å². The molecule has 3 aromatic heterocycles. The quantitative estimate of drug-likeness (QED) is 0.188. The third-order valence-electron chi connectivity index (χ3n) is 10.2. The van der Waals surface area contributed by atoms with Gasteiger partial charge >= 0.3 is 0 Å². The van der Waals surface area contributed by atoms with Gasteiger partial charge in [0.15, 0.2) is 0 Å². The van der Waals surface area contributed by atoms with Crippen LogP contribution in [-0.2, 0) is 0 Å². The third-order valence-corrected chi connectivity index (χ3v) is 11.3. The predicted molar refractivity (Wildman–Crippen MR) is 213 cm³/mol. The molecule has 11 aromatic rings. The van der Waals surface area contributed by atoms with Crippen molar-refractivity contribution in [2.24, 2.45) is 0 Å². The molecule has 4 heteroatoms. The van der Waals surface area contributed by atoms with Gasteiger partial charge in [-0.05, 0) is 78.2 Å². The monoisotopic (exact) mass is 656 g/mol. The topological polar surface area (TPSA) is 21.3 Å². The molecule has 0 atom stereocenters. The van der Waals surface area contributed by atoms with Crippen molar-refractivity contribution in [2.75, 3.05) is 4.90 Å². The summed E-state index contributed by atoms with van der Waals surface area (Å²) in [6.45, 7) is 0. The molecule has 0 spiro atoms. The second-order valence-corrected chi connectivity index (χ2v) is 14.0. The molecular weight excluding hydrogens is 629 g/mol. The predicted octanol–water partition coefficient (Wildman–Crippen LogP) is 13.7. The van der Waals surface area contributed by atoms with Gasteiger partial charge in [-0.25, -0.2) is 0 Å². The summed E-state index contributed by atoms with van der Waals surface area (Å²) in [5.41, 5.74) is 8.66. The molecule has 0 radical (unpaired) electrons. The fourth-order valence-electron chi connectivity index (χ4n) is 8.03. The number of furan rings is 1. The molecule has 0 aliphatic rings. The molecule has 3 heterocycles. The van der Waals surface area contributed by atoms with Crippen LogP contribution in [0.1, 0.15) is 0 Å². The zero-order valence-electron chi connectivity index (χ0n) is 26.9. The van der Waals surface area contributed by atoms with Crippen LogP contribution in [0.3, 0.4) is 0 Å². The summed E-state index contributed by atoms with van der Waals surface area (Å²) >= 11 is 1.85. The van der Waals surface area contributed by atoms with Crippen molar-refractivity contribution in [2.45, 2.75) is 0 Å². The second-order valence-electron chi connectivity index (χ2n) is 12.9. The molecule has 11 rings (SSSR count). The summed E-state index contributed by atoms with van der Waals surface area (Å²) in [5, 5.41) is 9.49. The minimum atomic E-state index is 0.878. The van der Waals surface area contributed by atoms with Gasteiger partial charge in [-0.3, -0.25) is 0 Å². The van der Waals surface area contributed by atoms with Crippen LogP contribution in [0.4, 0.5) is 17.1 Å². The highest BCUT2D eigenvalue weighted by atomic mass is 32.1. The zero-order chi connectivity index (χ0) is 32.8. The van der Waals surface area contributed by atoms with Crippen LogP contribution in [0.15, 0.2) is 174 Å². The van der Waals surface area contributed by atoms with Gasteiger partial charge in [0.1, 0.15) is 11.2 Å². The molecule has 0 amide bonds. The Bertz CT molecular complexity index is 3110. The van der Waals surface area contributed by atoms with Crippen molar-refractivity contribution in [3.8, 4) is 5.69 Å². The van der Waals surface area contributed by atoms with Crippen molar-refractivity contribution >= 4 is 103 Å². The Morgan fingerprint density at radius 2 is 1.16 bits per heavy atom. The van der Waals surface area contributed by atoms with Gasteiger partial charge in [0, 0.05) is 53.1 Å². The van der Waals surface area contributed by atoms with E-state index in [9.17, 15) is 0 Å². The minimum Gasteiger partial charge on any atom is -0.455 e. The number of anilines is 3. The maximum absolute atomic E-state index is 6.72. The molecule has 0 N–H and O–H groups in total. The summed E-state index contributed by atoms with van der Waals surface area (Å²) in [6.07, 6.45) is 0. The van der Waals surface area contributed by atoms with Crippen molar-refractivity contribution < 1.29 is 4.42 Å². The van der Waals surface area contributed by atoms with E-state index in [1.807, 2.05) is 11.3 Å². The third kappa shape index (κ3) is 3.91. The molecule has 0 saturated heterocycles. The molecule has 0 fully saturated rings. The normalized spacial score (nSPS) is 12.0. The fourth-order valence-corrected chi connectivity index (χ4v) is 9.15. The highest BCUT2D eigenvalue weighted by Gasteiger charge is 2.24. The highest BCUT2D eigenvalue weighted by molar-refractivity contribution is 7.26. The Hall–Kier alpha value is -6.36. The number of para-hydroxylation sites is 2. The lowest BCUT2D eigenvalue weighted by Gasteiger charge is -2.27. The molecule has 0 unspecified atom stereocenters. The van der Waals surface area contributed by atoms with Gasteiger partial charge in [0.2, 0.25) is 0 Å². The van der Waals surface area contributed by atoms with Gasteiger partial charge < -0.3 is 13.9 Å². The maximum Gasteiger partial charge on any atom is 0.143 e. The highest BCUT2D eigenvalue weighted by Crippen LogP contribution is 2.49. The van der Waals surface area contributed by atoms with E-state index >= 15 is 0 Å². The first-order chi connectivity index (χ1) is 24.8. The van der Waals surface area contributed by atoms with E-state index in [4.69, 9.17) is 4.42 Å². The lowest BCUT2D eigenvalue weighted by Crippen LogP contribution is -2.10. The largest absolute Gasteiger partial charge is 0.455 e. The molecule has 50 heavy (non-hydrogen) atoms. The Morgan fingerprint density at radius 3 is 2.06 bits per heavy atom. The first kappa shape index (κ1) is 27.6. The van der Waals surface area contributed by atoms with Gasteiger partial charge in [0.25, 0.3) is 0 Å². The van der Waals surface area contributed by atoms with Crippen LogP contribution >= 0.6 is 11.3 Å². The number of aromatic nitrogens is 1. The Labute approximate surface area is 291 Å². The number of fused-ring (bicyclic) bond motifs is 11. The minimum absolute atomic E-state index is 0.878. The van der Waals surface area contributed by atoms with Crippen LogP contribution in [0.5, 0.6) is 0 Å². The van der Waals surface area contributed by atoms with Gasteiger partial charge in [0.05, 0.1) is 27.8 Å². The van der Waals surface area contributed by atoms with Gasteiger partial charge in [-0.2, -0.15) is 0 Å². The SMILES string of the molecule is c1ccc(-n2c3ccccc3c3cc(N(c4cccc5oc6c7ccccc7ccc6c45)c4cccc5sc6ccccc6c45)ccc32)cc1. The van der Waals surface area contributed by atoms with Crippen molar-refractivity contribution in [3.63, 3.8) is 0 Å². The molecule has 8 aromatic carbocycles. The number of nitrogens with zero attached hydrogens (tertiary/aromatic N) is 2. The Kier molecular flexibility index (Phi) is 5.83. The van der Waals surface area contributed by atoms with E-state index in [0.29, 0.717) is 0 Å². The fraction of sp³-hybridized carbons (Fsp3) is 0. The maximum atomic E-state index is 6.72. The number of rotatable bonds is 4. The van der Waals surface area contributed by atoms with Crippen LogP contribution in [-0.4, -0.2) is 4.57 Å². The number of benzene rings is 8. The molecule has 0 aliphatic heterocycles. The summed E-state index contributed by atoms with van der Waals surface area (Å²) in [6, 6.07) is 61.2. The second kappa shape index (κ2) is 10.6. The first-order valence-electron chi connectivity index (χ1n) is 16.9. The van der Waals surface area contributed by atoms with Crippen LogP contribution < -0.4 is 4.90 Å². The van der Waals surface area contributed by atoms with Gasteiger partial charge in [-0.15, -0.1) is 11.3 Å². The molecule has 0 saturated carbocycles. The average Bonchev–Trinajstić information content (AvgIpc) is 3.86. The van der Waals surface area contributed by atoms with Crippen molar-refractivity contribution in [1.82, 2.24) is 4.57 Å². The van der Waals surface area contributed by atoms with E-state index < -0.39 is 0 Å². The summed E-state index contributed by atoms with van der Waals surface area (Å²) in [7, 11) is 0. The Balaban J connectivity index is 1.26. The van der Waals surface area contributed by atoms with E-state index in [2.05, 4.69) is 179 Å². The molecule has 3 nitrogen and oxygen atoms in total. The van der Waals surface area contributed by atoms with Crippen LogP contribution in [0, 0.1) is 0 Å². The number of thiophene rings is 1. The summed E-state index contributed by atoms with van der Waals surface area (Å²) in [4.78, 5) is 2.46. The van der Waals surface area contributed by atoms with E-state index in [0.717, 1.165) is 50.1 Å². The first-order valence-corrected chi connectivity index (χ1v) is 17.8. The standard InChI is InChI=1S/C46H28N2OS/c1-2-13-30(14-3-1)47-37-18-8-6-16-33(37)36-28-31(25-27-38(36)47)48(40-20-11-23-43-45(40)34-17-7-9-22-42(34)50-43)39-19-10-21-41-44(39)35-26-24-29-12-4-5-15-32(29)46(35)49-41/h1-28H. The number of hydrogen-bond donors (Lipinski definition) is 0. The number of hydrogen-bond acceptors (Lipinski definition) is 3. The van der Waals surface area contributed by atoms with E-state index in [1.54, 1.807) is 0 Å². The van der Waals surface area contributed by atoms with E-state index in [-0.39, 0.29) is 0 Å². The summed E-state index contributed by atoms with van der Waals surface area (Å²) in [5.74, 6) is 0. The average molecular weight is 657 g/mol. The lowest BCUT2D eigenvalue weighted by atomic mass is 10.0. The smallest absolute Gasteiger partial charge is 0.143 e. The molecule has 0 aliphatic carbocycles.